The number of carbonyl (C=O) groups is 1. The van der Waals surface area contributed by atoms with Crippen molar-refractivity contribution in [1.29, 1.82) is 0 Å². The standard InChI is InChI=1S/C16H19N5O2/c1-23-15-6-5-12(10-17-15)20-16(22)13-9-14(19-11-18-13)21-7-3-2-4-8-21/h5-6,9-11H,2-4,7-8H2,1H3,(H,20,22). The van der Waals surface area contributed by atoms with E-state index in [2.05, 4.69) is 25.2 Å². The molecule has 1 saturated heterocycles. The van der Waals surface area contributed by atoms with Crippen molar-refractivity contribution in [2.45, 2.75) is 19.3 Å². The third-order valence-corrected chi connectivity index (χ3v) is 3.77. The summed E-state index contributed by atoms with van der Waals surface area (Å²) in [6.45, 7) is 1.95. The van der Waals surface area contributed by atoms with Crippen LogP contribution in [0.25, 0.3) is 0 Å². The van der Waals surface area contributed by atoms with Crippen molar-refractivity contribution in [3.05, 3.63) is 36.4 Å². The van der Waals surface area contributed by atoms with Gasteiger partial charge in [0.25, 0.3) is 5.91 Å². The Labute approximate surface area is 134 Å². The average molecular weight is 313 g/mol. The van der Waals surface area contributed by atoms with Crippen LogP contribution in [0.15, 0.2) is 30.7 Å². The van der Waals surface area contributed by atoms with E-state index in [0.717, 1.165) is 31.7 Å². The van der Waals surface area contributed by atoms with E-state index >= 15 is 0 Å². The molecule has 0 aliphatic carbocycles. The summed E-state index contributed by atoms with van der Waals surface area (Å²) in [5.74, 6) is 1.02. The van der Waals surface area contributed by atoms with Crippen LogP contribution in [0.5, 0.6) is 5.88 Å². The lowest BCUT2D eigenvalue weighted by Gasteiger charge is -2.27. The van der Waals surface area contributed by atoms with E-state index in [-0.39, 0.29) is 5.91 Å². The van der Waals surface area contributed by atoms with E-state index in [1.807, 2.05) is 0 Å². The fourth-order valence-corrected chi connectivity index (χ4v) is 2.54. The molecule has 1 aliphatic rings. The molecule has 0 saturated carbocycles. The van der Waals surface area contributed by atoms with Crippen molar-refractivity contribution in [2.24, 2.45) is 0 Å². The molecule has 7 heteroatoms. The Morgan fingerprint density at radius 1 is 1.17 bits per heavy atom. The molecule has 1 N–H and O–H groups in total. The summed E-state index contributed by atoms with van der Waals surface area (Å²) in [5, 5.41) is 2.77. The lowest BCUT2D eigenvalue weighted by molar-refractivity contribution is 0.102. The maximum Gasteiger partial charge on any atom is 0.274 e. The number of aromatic nitrogens is 3. The highest BCUT2D eigenvalue weighted by Crippen LogP contribution is 2.18. The smallest absolute Gasteiger partial charge is 0.274 e. The third kappa shape index (κ3) is 3.74. The molecular weight excluding hydrogens is 294 g/mol. The van der Waals surface area contributed by atoms with Crippen molar-refractivity contribution in [2.75, 3.05) is 30.4 Å². The normalized spacial score (nSPS) is 14.4. The molecule has 1 fully saturated rings. The van der Waals surface area contributed by atoms with E-state index < -0.39 is 0 Å². The number of anilines is 2. The molecule has 0 radical (unpaired) electrons. The van der Waals surface area contributed by atoms with Gasteiger partial charge in [0.2, 0.25) is 5.88 Å². The summed E-state index contributed by atoms with van der Waals surface area (Å²) in [4.78, 5) is 26.9. The average Bonchev–Trinajstić information content (AvgIpc) is 2.63. The lowest BCUT2D eigenvalue weighted by atomic mass is 10.1. The maximum atomic E-state index is 12.3. The van der Waals surface area contributed by atoms with Crippen molar-refractivity contribution >= 4 is 17.4 Å². The van der Waals surface area contributed by atoms with Gasteiger partial charge in [-0.15, -0.1) is 0 Å². The number of nitrogens with zero attached hydrogens (tertiary/aromatic N) is 4. The highest BCUT2D eigenvalue weighted by molar-refractivity contribution is 6.03. The van der Waals surface area contributed by atoms with Gasteiger partial charge in [0.05, 0.1) is 19.0 Å². The molecule has 120 valence electrons. The molecule has 0 bridgehead atoms. The molecule has 23 heavy (non-hydrogen) atoms. The van der Waals surface area contributed by atoms with Gasteiger partial charge in [-0.05, 0) is 25.3 Å². The number of hydrogen-bond donors (Lipinski definition) is 1. The van der Waals surface area contributed by atoms with Gasteiger partial charge in [-0.2, -0.15) is 0 Å². The number of methoxy groups -OCH3 is 1. The van der Waals surface area contributed by atoms with Crippen LogP contribution in [-0.2, 0) is 0 Å². The number of carbonyl (C=O) groups excluding carboxylic acids is 1. The monoisotopic (exact) mass is 313 g/mol. The minimum Gasteiger partial charge on any atom is -0.481 e. The van der Waals surface area contributed by atoms with Crippen LogP contribution in [0.2, 0.25) is 0 Å². The molecule has 2 aromatic rings. The minimum absolute atomic E-state index is 0.280. The van der Waals surface area contributed by atoms with E-state index in [1.165, 1.54) is 12.7 Å². The van der Waals surface area contributed by atoms with Crippen molar-refractivity contribution in [1.82, 2.24) is 15.0 Å². The fourth-order valence-electron chi connectivity index (χ4n) is 2.54. The van der Waals surface area contributed by atoms with Gasteiger partial charge < -0.3 is 15.0 Å². The topological polar surface area (TPSA) is 80.2 Å². The summed E-state index contributed by atoms with van der Waals surface area (Å²) in [5.41, 5.74) is 0.935. The summed E-state index contributed by atoms with van der Waals surface area (Å²) < 4.78 is 4.99. The van der Waals surface area contributed by atoms with Crippen molar-refractivity contribution in [3.63, 3.8) is 0 Å². The van der Waals surface area contributed by atoms with Crippen LogP contribution < -0.4 is 15.0 Å². The minimum atomic E-state index is -0.280. The van der Waals surface area contributed by atoms with Gasteiger partial charge in [-0.3, -0.25) is 4.79 Å². The number of rotatable bonds is 4. The zero-order chi connectivity index (χ0) is 16.1. The Kier molecular flexibility index (Phi) is 4.65. The molecule has 0 atom stereocenters. The van der Waals surface area contributed by atoms with Gasteiger partial charge in [-0.25, -0.2) is 15.0 Å². The van der Waals surface area contributed by atoms with Gasteiger partial charge in [0.1, 0.15) is 17.8 Å². The number of pyridine rings is 1. The third-order valence-electron chi connectivity index (χ3n) is 3.77. The number of hydrogen-bond acceptors (Lipinski definition) is 6. The fraction of sp³-hybridized carbons (Fsp3) is 0.375. The highest BCUT2D eigenvalue weighted by atomic mass is 16.5. The number of amides is 1. The van der Waals surface area contributed by atoms with Gasteiger partial charge in [0, 0.05) is 25.2 Å². The van der Waals surface area contributed by atoms with E-state index in [0.29, 0.717) is 17.3 Å². The summed E-state index contributed by atoms with van der Waals surface area (Å²) in [6.07, 6.45) is 6.54. The second kappa shape index (κ2) is 7.04. The SMILES string of the molecule is COc1ccc(NC(=O)c2cc(N3CCCCC3)ncn2)cn1. The molecule has 3 heterocycles. The Morgan fingerprint density at radius 3 is 2.70 bits per heavy atom. The van der Waals surface area contributed by atoms with Crippen molar-refractivity contribution < 1.29 is 9.53 Å². The molecule has 1 aliphatic heterocycles. The van der Waals surface area contributed by atoms with Crippen LogP contribution in [-0.4, -0.2) is 41.1 Å². The predicted molar refractivity (Wildman–Crippen MR) is 86.8 cm³/mol. The Hall–Kier alpha value is -2.70. The summed E-state index contributed by atoms with van der Waals surface area (Å²) in [7, 11) is 1.55. The number of nitrogens with one attached hydrogen (secondary N) is 1. The van der Waals surface area contributed by atoms with Crippen LogP contribution in [0.4, 0.5) is 11.5 Å². The Morgan fingerprint density at radius 2 is 2.00 bits per heavy atom. The second-order valence-electron chi connectivity index (χ2n) is 5.35. The molecule has 0 spiro atoms. The maximum absolute atomic E-state index is 12.3. The zero-order valence-corrected chi connectivity index (χ0v) is 13.0. The molecular formula is C16H19N5O2. The first-order chi connectivity index (χ1) is 11.3. The molecule has 2 aromatic heterocycles. The number of piperidine rings is 1. The summed E-state index contributed by atoms with van der Waals surface area (Å²) in [6, 6.07) is 5.16. The van der Waals surface area contributed by atoms with E-state index in [9.17, 15) is 4.79 Å². The van der Waals surface area contributed by atoms with Crippen LogP contribution in [0, 0.1) is 0 Å². The predicted octanol–water partition coefficient (Wildman–Crippen LogP) is 2.12. The van der Waals surface area contributed by atoms with Crippen molar-refractivity contribution in [3.8, 4) is 5.88 Å². The Balaban J connectivity index is 1.71. The lowest BCUT2D eigenvalue weighted by Crippen LogP contribution is -2.30. The van der Waals surface area contributed by atoms with Gasteiger partial charge in [-0.1, -0.05) is 0 Å². The van der Waals surface area contributed by atoms with E-state index in [4.69, 9.17) is 4.74 Å². The molecule has 0 unspecified atom stereocenters. The van der Waals surface area contributed by atoms with Gasteiger partial charge >= 0.3 is 0 Å². The first kappa shape index (κ1) is 15.2. The Bertz CT molecular complexity index is 668. The highest BCUT2D eigenvalue weighted by Gasteiger charge is 2.15. The first-order valence-electron chi connectivity index (χ1n) is 7.64. The molecule has 7 nitrogen and oxygen atoms in total. The molecule has 0 aromatic carbocycles. The van der Waals surface area contributed by atoms with Gasteiger partial charge in [0.15, 0.2) is 0 Å². The van der Waals surface area contributed by atoms with Crippen LogP contribution in [0.3, 0.4) is 0 Å². The first-order valence-corrected chi connectivity index (χ1v) is 7.64. The zero-order valence-electron chi connectivity index (χ0n) is 13.0. The summed E-state index contributed by atoms with van der Waals surface area (Å²) >= 11 is 0. The quantitative estimate of drug-likeness (QED) is 0.931. The molecule has 3 rings (SSSR count). The second-order valence-corrected chi connectivity index (χ2v) is 5.35. The number of ether oxygens (including phenoxy) is 1. The van der Waals surface area contributed by atoms with Crippen LogP contribution in [0.1, 0.15) is 29.8 Å². The van der Waals surface area contributed by atoms with Crippen LogP contribution >= 0.6 is 0 Å². The largest absolute Gasteiger partial charge is 0.481 e. The van der Waals surface area contributed by atoms with E-state index in [1.54, 1.807) is 31.5 Å². The molecule has 1 amide bonds.